The molecular weight excluding hydrogens is 154 g/mol. The van der Waals surface area contributed by atoms with Crippen LogP contribution in [0, 0.1) is 5.92 Å². The predicted octanol–water partition coefficient (Wildman–Crippen LogP) is 0.775. The van der Waals surface area contributed by atoms with Crippen LogP contribution >= 0.6 is 0 Å². The van der Waals surface area contributed by atoms with Gasteiger partial charge in [0.15, 0.2) is 0 Å². The number of rotatable bonds is 3. The lowest BCUT2D eigenvalue weighted by Gasteiger charge is -2.35. The second-order valence-electron chi connectivity index (χ2n) is 3.38. The summed E-state index contributed by atoms with van der Waals surface area (Å²) in [5.74, 6) is 0.383. The van der Waals surface area contributed by atoms with Crippen molar-refractivity contribution in [2.24, 2.45) is 11.7 Å². The number of methoxy groups -OCH3 is 2. The summed E-state index contributed by atoms with van der Waals surface area (Å²) in [6.45, 7) is 0.664. The van der Waals surface area contributed by atoms with Gasteiger partial charge in [-0.3, -0.25) is 0 Å². The van der Waals surface area contributed by atoms with Crippen LogP contribution in [-0.2, 0) is 9.47 Å². The van der Waals surface area contributed by atoms with Gasteiger partial charge in [-0.25, -0.2) is 0 Å². The van der Waals surface area contributed by atoms with E-state index in [-0.39, 0.29) is 0 Å². The van der Waals surface area contributed by atoms with Crippen LogP contribution in [0.2, 0.25) is 0 Å². The van der Waals surface area contributed by atoms with E-state index in [9.17, 15) is 0 Å². The van der Waals surface area contributed by atoms with Crippen LogP contribution in [0.25, 0.3) is 0 Å². The first-order valence-electron chi connectivity index (χ1n) is 4.59. The van der Waals surface area contributed by atoms with Crippen molar-refractivity contribution in [3.05, 3.63) is 0 Å². The molecule has 12 heavy (non-hydrogen) atoms. The molecule has 2 unspecified atom stereocenters. The summed E-state index contributed by atoms with van der Waals surface area (Å²) in [6, 6.07) is 0. The SMILES string of the molecule is COC1CCCC(OC)C1CN. The zero-order valence-electron chi connectivity index (χ0n) is 7.95. The van der Waals surface area contributed by atoms with E-state index in [0.29, 0.717) is 24.7 Å². The van der Waals surface area contributed by atoms with Crippen molar-refractivity contribution in [2.45, 2.75) is 31.5 Å². The van der Waals surface area contributed by atoms with Gasteiger partial charge in [0.05, 0.1) is 12.2 Å². The van der Waals surface area contributed by atoms with E-state index >= 15 is 0 Å². The van der Waals surface area contributed by atoms with Crippen LogP contribution in [0.3, 0.4) is 0 Å². The highest BCUT2D eigenvalue weighted by atomic mass is 16.5. The van der Waals surface area contributed by atoms with Crippen LogP contribution < -0.4 is 5.73 Å². The summed E-state index contributed by atoms with van der Waals surface area (Å²) in [6.07, 6.45) is 4.03. The maximum absolute atomic E-state index is 5.68. The van der Waals surface area contributed by atoms with Crippen molar-refractivity contribution in [3.8, 4) is 0 Å². The molecule has 0 radical (unpaired) electrons. The quantitative estimate of drug-likeness (QED) is 0.685. The topological polar surface area (TPSA) is 44.5 Å². The fourth-order valence-corrected chi connectivity index (χ4v) is 2.08. The third-order valence-electron chi connectivity index (χ3n) is 2.81. The van der Waals surface area contributed by atoms with Gasteiger partial charge in [0.1, 0.15) is 0 Å². The molecule has 0 aromatic heterocycles. The van der Waals surface area contributed by atoms with E-state index in [1.165, 1.54) is 6.42 Å². The van der Waals surface area contributed by atoms with Gasteiger partial charge in [0, 0.05) is 26.7 Å². The van der Waals surface area contributed by atoms with Gasteiger partial charge < -0.3 is 15.2 Å². The van der Waals surface area contributed by atoms with E-state index in [1.54, 1.807) is 14.2 Å². The molecule has 2 N–H and O–H groups in total. The molecule has 1 aliphatic carbocycles. The molecule has 3 heteroatoms. The Labute approximate surface area is 74.2 Å². The number of nitrogens with two attached hydrogens (primary N) is 1. The molecule has 0 aromatic rings. The lowest BCUT2D eigenvalue weighted by Crippen LogP contribution is -2.42. The highest BCUT2D eigenvalue weighted by Crippen LogP contribution is 2.27. The standard InChI is InChI=1S/C9H19NO2/c1-11-8-4-3-5-9(12-2)7(8)6-10/h7-9H,3-6,10H2,1-2H3. The summed E-state index contributed by atoms with van der Waals surface area (Å²) >= 11 is 0. The van der Waals surface area contributed by atoms with Gasteiger partial charge >= 0.3 is 0 Å². The van der Waals surface area contributed by atoms with Crippen LogP contribution in [-0.4, -0.2) is 33.0 Å². The summed E-state index contributed by atoms with van der Waals surface area (Å²) in [4.78, 5) is 0. The molecule has 0 heterocycles. The molecule has 0 bridgehead atoms. The Balaban J connectivity index is 2.52. The lowest BCUT2D eigenvalue weighted by molar-refractivity contribution is -0.0592. The molecule has 0 amide bonds. The Morgan fingerprint density at radius 2 is 1.67 bits per heavy atom. The fourth-order valence-electron chi connectivity index (χ4n) is 2.08. The van der Waals surface area contributed by atoms with Crippen LogP contribution in [0.4, 0.5) is 0 Å². The fraction of sp³-hybridized carbons (Fsp3) is 1.00. The zero-order valence-corrected chi connectivity index (χ0v) is 7.95. The van der Waals surface area contributed by atoms with Gasteiger partial charge in [-0.15, -0.1) is 0 Å². The monoisotopic (exact) mass is 173 g/mol. The van der Waals surface area contributed by atoms with Crippen LogP contribution in [0.15, 0.2) is 0 Å². The Morgan fingerprint density at radius 1 is 1.17 bits per heavy atom. The average molecular weight is 173 g/mol. The first-order chi connectivity index (χ1) is 5.83. The van der Waals surface area contributed by atoms with Gasteiger partial charge in [-0.05, 0) is 19.3 Å². The molecule has 1 rings (SSSR count). The normalized spacial score (nSPS) is 36.8. The molecule has 3 nitrogen and oxygen atoms in total. The van der Waals surface area contributed by atoms with E-state index in [4.69, 9.17) is 15.2 Å². The highest BCUT2D eigenvalue weighted by molar-refractivity contribution is 4.83. The Kier molecular flexibility index (Phi) is 3.98. The molecule has 1 saturated carbocycles. The van der Waals surface area contributed by atoms with Gasteiger partial charge in [-0.1, -0.05) is 0 Å². The first-order valence-corrected chi connectivity index (χ1v) is 4.59. The minimum absolute atomic E-state index is 0.300. The third kappa shape index (κ3) is 1.97. The second kappa shape index (κ2) is 4.80. The van der Waals surface area contributed by atoms with Crippen molar-refractivity contribution < 1.29 is 9.47 Å². The van der Waals surface area contributed by atoms with Crippen molar-refractivity contribution in [1.29, 1.82) is 0 Å². The predicted molar refractivity (Wildman–Crippen MR) is 48.0 cm³/mol. The molecule has 1 aliphatic rings. The maximum atomic E-state index is 5.68. The number of hydrogen-bond acceptors (Lipinski definition) is 3. The molecule has 1 fully saturated rings. The number of hydrogen-bond donors (Lipinski definition) is 1. The molecule has 0 spiro atoms. The van der Waals surface area contributed by atoms with E-state index < -0.39 is 0 Å². The summed E-state index contributed by atoms with van der Waals surface area (Å²) in [5.41, 5.74) is 5.68. The molecule has 2 atom stereocenters. The molecule has 0 aliphatic heterocycles. The second-order valence-corrected chi connectivity index (χ2v) is 3.38. The van der Waals surface area contributed by atoms with Crippen LogP contribution in [0.1, 0.15) is 19.3 Å². The van der Waals surface area contributed by atoms with Gasteiger partial charge in [0.25, 0.3) is 0 Å². The Bertz CT molecular complexity index is 118. The van der Waals surface area contributed by atoms with Gasteiger partial charge in [-0.2, -0.15) is 0 Å². The lowest BCUT2D eigenvalue weighted by atomic mass is 9.84. The molecule has 72 valence electrons. The third-order valence-corrected chi connectivity index (χ3v) is 2.81. The summed E-state index contributed by atoms with van der Waals surface area (Å²) in [7, 11) is 3.51. The largest absolute Gasteiger partial charge is 0.381 e. The van der Waals surface area contributed by atoms with Crippen molar-refractivity contribution >= 4 is 0 Å². The molecular formula is C9H19NO2. The highest BCUT2D eigenvalue weighted by Gasteiger charge is 2.32. The van der Waals surface area contributed by atoms with E-state index in [1.807, 2.05) is 0 Å². The smallest absolute Gasteiger partial charge is 0.0636 e. The van der Waals surface area contributed by atoms with Crippen molar-refractivity contribution in [3.63, 3.8) is 0 Å². The Hall–Kier alpha value is -0.120. The van der Waals surface area contributed by atoms with Gasteiger partial charge in [0.2, 0.25) is 0 Å². The summed E-state index contributed by atoms with van der Waals surface area (Å²) < 4.78 is 10.7. The Morgan fingerprint density at radius 3 is 2.00 bits per heavy atom. The molecule has 0 saturated heterocycles. The first kappa shape index (κ1) is 9.96. The van der Waals surface area contributed by atoms with E-state index in [0.717, 1.165) is 12.8 Å². The van der Waals surface area contributed by atoms with E-state index in [2.05, 4.69) is 0 Å². The molecule has 0 aromatic carbocycles. The van der Waals surface area contributed by atoms with Crippen molar-refractivity contribution in [2.75, 3.05) is 20.8 Å². The van der Waals surface area contributed by atoms with Crippen LogP contribution in [0.5, 0.6) is 0 Å². The average Bonchev–Trinajstić information content (AvgIpc) is 2.16. The summed E-state index contributed by atoms with van der Waals surface area (Å²) in [5, 5.41) is 0. The van der Waals surface area contributed by atoms with Crippen molar-refractivity contribution in [1.82, 2.24) is 0 Å². The number of ether oxygens (including phenoxy) is 2. The minimum Gasteiger partial charge on any atom is -0.381 e. The minimum atomic E-state index is 0.300. The zero-order chi connectivity index (χ0) is 8.97. The maximum Gasteiger partial charge on any atom is 0.0636 e.